The Morgan fingerprint density at radius 3 is 2.45 bits per heavy atom. The van der Waals surface area contributed by atoms with Crippen LogP contribution >= 0.6 is 0 Å². The molecular formula is C16H10O4. The maximum atomic E-state index is 12.5. The van der Waals surface area contributed by atoms with Gasteiger partial charge in [-0.05, 0) is 17.7 Å². The molecule has 0 amide bonds. The molecule has 20 heavy (non-hydrogen) atoms. The Morgan fingerprint density at radius 2 is 1.75 bits per heavy atom. The van der Waals surface area contributed by atoms with Gasteiger partial charge in [0.05, 0.1) is 10.9 Å². The second-order valence-electron chi connectivity index (χ2n) is 4.33. The van der Waals surface area contributed by atoms with Gasteiger partial charge >= 0.3 is 5.97 Å². The van der Waals surface area contributed by atoms with Crippen LogP contribution in [0, 0.1) is 0 Å². The number of rotatable bonds is 2. The summed E-state index contributed by atoms with van der Waals surface area (Å²) in [5, 5.41) is 9.37. The number of para-hydroxylation sites is 1. The molecule has 0 spiro atoms. The van der Waals surface area contributed by atoms with E-state index in [0.717, 1.165) is 5.56 Å². The Balaban J connectivity index is 2.33. The predicted octanol–water partition coefficient (Wildman–Crippen LogP) is 3.16. The molecule has 1 N–H and O–H groups in total. The molecular weight excluding hydrogens is 256 g/mol. The van der Waals surface area contributed by atoms with Gasteiger partial charge in [0.2, 0.25) is 5.43 Å². The molecule has 0 aliphatic rings. The van der Waals surface area contributed by atoms with Crippen molar-refractivity contribution in [3.63, 3.8) is 0 Å². The molecule has 0 aliphatic carbocycles. The fraction of sp³-hybridized carbons (Fsp3) is 0. The molecule has 1 aromatic heterocycles. The Kier molecular flexibility index (Phi) is 2.84. The van der Waals surface area contributed by atoms with Crippen molar-refractivity contribution in [1.82, 2.24) is 0 Å². The molecule has 98 valence electrons. The zero-order valence-corrected chi connectivity index (χ0v) is 10.4. The summed E-state index contributed by atoms with van der Waals surface area (Å²) >= 11 is 0. The lowest BCUT2D eigenvalue weighted by Gasteiger charge is -2.04. The maximum Gasteiger partial charge on any atom is 0.339 e. The molecule has 3 rings (SSSR count). The van der Waals surface area contributed by atoms with Crippen molar-refractivity contribution in [3.05, 3.63) is 70.6 Å². The monoisotopic (exact) mass is 266 g/mol. The van der Waals surface area contributed by atoms with Crippen LogP contribution in [0.3, 0.4) is 0 Å². The van der Waals surface area contributed by atoms with Gasteiger partial charge in [0.1, 0.15) is 11.8 Å². The molecule has 0 unspecified atom stereocenters. The highest BCUT2D eigenvalue weighted by atomic mass is 16.4. The molecule has 4 heteroatoms. The highest BCUT2D eigenvalue weighted by Crippen LogP contribution is 2.21. The van der Waals surface area contributed by atoms with Gasteiger partial charge < -0.3 is 9.52 Å². The molecule has 2 aromatic carbocycles. The van der Waals surface area contributed by atoms with Crippen LogP contribution in [0.4, 0.5) is 0 Å². The molecule has 4 nitrogen and oxygen atoms in total. The minimum absolute atomic E-state index is 0.0146. The van der Waals surface area contributed by atoms with E-state index >= 15 is 0 Å². The van der Waals surface area contributed by atoms with Gasteiger partial charge in [0, 0.05) is 0 Å². The van der Waals surface area contributed by atoms with E-state index in [1.807, 2.05) is 18.2 Å². The van der Waals surface area contributed by atoms with Crippen LogP contribution in [0.2, 0.25) is 0 Å². The van der Waals surface area contributed by atoms with E-state index in [-0.39, 0.29) is 22.0 Å². The Bertz CT molecular complexity index is 847. The highest BCUT2D eigenvalue weighted by molar-refractivity contribution is 6.01. The third-order valence-electron chi connectivity index (χ3n) is 3.11. The lowest BCUT2D eigenvalue weighted by molar-refractivity contribution is 0.0698. The van der Waals surface area contributed by atoms with E-state index < -0.39 is 5.97 Å². The summed E-state index contributed by atoms with van der Waals surface area (Å²) in [4.78, 5) is 23.6. The van der Waals surface area contributed by atoms with Gasteiger partial charge in [-0.3, -0.25) is 4.79 Å². The van der Waals surface area contributed by atoms with Crippen LogP contribution in [0.25, 0.3) is 22.1 Å². The van der Waals surface area contributed by atoms with Crippen molar-refractivity contribution in [2.45, 2.75) is 0 Å². The van der Waals surface area contributed by atoms with E-state index in [9.17, 15) is 9.59 Å². The first kappa shape index (κ1) is 12.2. The average molecular weight is 266 g/mol. The van der Waals surface area contributed by atoms with Crippen molar-refractivity contribution in [2.75, 3.05) is 0 Å². The van der Waals surface area contributed by atoms with Crippen molar-refractivity contribution in [3.8, 4) is 11.1 Å². The first-order valence-electron chi connectivity index (χ1n) is 6.02. The highest BCUT2D eigenvalue weighted by Gasteiger charge is 2.14. The maximum absolute atomic E-state index is 12.5. The number of carbonyl (C=O) groups is 1. The minimum atomic E-state index is -1.12. The first-order chi connectivity index (χ1) is 9.68. The second kappa shape index (κ2) is 4.66. The summed E-state index contributed by atoms with van der Waals surface area (Å²) in [6.07, 6.45) is 1.31. The van der Waals surface area contributed by atoms with Crippen LogP contribution in [-0.2, 0) is 0 Å². The Morgan fingerprint density at radius 1 is 1.00 bits per heavy atom. The summed E-state index contributed by atoms with van der Waals surface area (Å²) in [7, 11) is 0. The number of fused-ring (bicyclic) bond motifs is 1. The number of hydrogen-bond donors (Lipinski definition) is 1. The van der Waals surface area contributed by atoms with E-state index in [1.54, 1.807) is 18.2 Å². The van der Waals surface area contributed by atoms with Crippen molar-refractivity contribution in [2.24, 2.45) is 0 Å². The van der Waals surface area contributed by atoms with E-state index in [2.05, 4.69) is 0 Å². The number of benzene rings is 2. The van der Waals surface area contributed by atoms with Gasteiger partial charge in [-0.1, -0.05) is 36.4 Å². The average Bonchev–Trinajstić information content (AvgIpc) is 2.48. The van der Waals surface area contributed by atoms with Crippen LogP contribution in [0.1, 0.15) is 10.4 Å². The van der Waals surface area contributed by atoms with Gasteiger partial charge in [-0.15, -0.1) is 0 Å². The first-order valence-corrected chi connectivity index (χ1v) is 6.02. The number of carboxylic acids is 1. The van der Waals surface area contributed by atoms with Crippen molar-refractivity contribution < 1.29 is 14.3 Å². The summed E-state index contributed by atoms with van der Waals surface area (Å²) in [5.74, 6) is -1.12. The molecule has 0 aliphatic heterocycles. The Labute approximate surface area is 113 Å². The summed E-state index contributed by atoms with van der Waals surface area (Å²) in [5.41, 5.74) is 1.01. The number of aromatic carboxylic acids is 1. The lowest BCUT2D eigenvalue weighted by atomic mass is 10.0. The van der Waals surface area contributed by atoms with E-state index in [0.29, 0.717) is 5.56 Å². The standard InChI is InChI=1S/C16H10O4/c17-14-11-7-4-8-12(16(18)19)15(11)20-9-13(14)10-5-2-1-3-6-10/h1-9H,(H,18,19). The smallest absolute Gasteiger partial charge is 0.339 e. The number of carboxylic acid groups (broad SMARTS) is 1. The molecule has 0 bridgehead atoms. The third kappa shape index (κ3) is 1.87. The molecule has 1 heterocycles. The zero-order valence-electron chi connectivity index (χ0n) is 10.4. The summed E-state index contributed by atoms with van der Waals surface area (Å²) < 4.78 is 5.39. The fourth-order valence-electron chi connectivity index (χ4n) is 2.14. The molecule has 0 atom stereocenters. The van der Waals surface area contributed by atoms with Crippen molar-refractivity contribution in [1.29, 1.82) is 0 Å². The second-order valence-corrected chi connectivity index (χ2v) is 4.33. The zero-order chi connectivity index (χ0) is 14.1. The fourth-order valence-corrected chi connectivity index (χ4v) is 2.14. The van der Waals surface area contributed by atoms with Gasteiger partial charge in [-0.25, -0.2) is 4.79 Å². The van der Waals surface area contributed by atoms with Crippen LogP contribution in [0.5, 0.6) is 0 Å². The van der Waals surface area contributed by atoms with Crippen molar-refractivity contribution >= 4 is 16.9 Å². The summed E-state index contributed by atoms with van der Waals surface area (Å²) in [6.45, 7) is 0. The normalized spacial score (nSPS) is 10.6. The molecule has 0 radical (unpaired) electrons. The number of hydrogen-bond acceptors (Lipinski definition) is 3. The molecule has 0 saturated carbocycles. The van der Waals surface area contributed by atoms with Gasteiger partial charge in [0.15, 0.2) is 5.58 Å². The quantitative estimate of drug-likeness (QED) is 0.773. The third-order valence-corrected chi connectivity index (χ3v) is 3.11. The van der Waals surface area contributed by atoms with E-state index in [1.165, 1.54) is 18.4 Å². The summed E-state index contributed by atoms with van der Waals surface area (Å²) in [6, 6.07) is 13.6. The minimum Gasteiger partial charge on any atom is -0.478 e. The van der Waals surface area contributed by atoms with Crippen LogP contribution < -0.4 is 5.43 Å². The van der Waals surface area contributed by atoms with Crippen LogP contribution in [-0.4, -0.2) is 11.1 Å². The molecule has 0 fully saturated rings. The topological polar surface area (TPSA) is 67.5 Å². The molecule has 0 saturated heterocycles. The van der Waals surface area contributed by atoms with Crippen LogP contribution in [0.15, 0.2) is 64.0 Å². The van der Waals surface area contributed by atoms with Gasteiger partial charge in [-0.2, -0.15) is 0 Å². The SMILES string of the molecule is O=C(O)c1cccc2c(=O)c(-c3ccccc3)coc12. The lowest BCUT2D eigenvalue weighted by Crippen LogP contribution is -2.07. The van der Waals surface area contributed by atoms with Gasteiger partial charge in [0.25, 0.3) is 0 Å². The Hall–Kier alpha value is -2.88. The predicted molar refractivity (Wildman–Crippen MR) is 74.9 cm³/mol. The van der Waals surface area contributed by atoms with E-state index in [4.69, 9.17) is 9.52 Å². The largest absolute Gasteiger partial charge is 0.478 e. The molecule has 3 aromatic rings.